The standard InChI is InChI=1S/C24H29N3O6/c25-22(29)20(15-17-10-12-19(13-11-17)23(30)31)27-21(28)9-5-2-6-14-26-24(32)33-16-18-7-3-1-4-8-18/h1,3-4,7-8,10-13,20H,2,5-6,9,14-16H2,(H2,25,29)(H,26,32)(H,27,28)(H,30,31)/t20-/m0/s1. The molecule has 2 aromatic carbocycles. The van der Waals surface area contributed by atoms with Crippen molar-refractivity contribution in [3.63, 3.8) is 0 Å². The highest BCUT2D eigenvalue weighted by molar-refractivity contribution is 5.88. The Hall–Kier alpha value is -3.88. The maximum Gasteiger partial charge on any atom is 0.407 e. The molecule has 0 aliphatic carbocycles. The number of hydrogen-bond donors (Lipinski definition) is 4. The van der Waals surface area contributed by atoms with Gasteiger partial charge in [0.1, 0.15) is 12.6 Å². The number of carboxylic acid groups (broad SMARTS) is 1. The molecule has 0 heterocycles. The Bertz CT molecular complexity index is 931. The molecule has 2 aromatic rings. The smallest absolute Gasteiger partial charge is 0.407 e. The molecule has 0 spiro atoms. The van der Waals surface area contributed by atoms with E-state index in [4.69, 9.17) is 15.6 Å². The van der Waals surface area contributed by atoms with Crippen LogP contribution in [0.15, 0.2) is 54.6 Å². The van der Waals surface area contributed by atoms with Crippen LogP contribution in [0.5, 0.6) is 0 Å². The van der Waals surface area contributed by atoms with Crippen LogP contribution < -0.4 is 16.4 Å². The molecule has 0 saturated carbocycles. The van der Waals surface area contributed by atoms with Crippen LogP contribution >= 0.6 is 0 Å². The third-order valence-corrected chi connectivity index (χ3v) is 4.88. The van der Waals surface area contributed by atoms with Crippen molar-refractivity contribution in [3.05, 3.63) is 71.3 Å². The second kappa shape index (κ2) is 13.5. The van der Waals surface area contributed by atoms with E-state index in [1.807, 2.05) is 30.3 Å². The van der Waals surface area contributed by atoms with E-state index in [-0.39, 0.29) is 30.9 Å². The zero-order valence-corrected chi connectivity index (χ0v) is 18.3. The quantitative estimate of drug-likeness (QED) is 0.341. The molecule has 33 heavy (non-hydrogen) atoms. The van der Waals surface area contributed by atoms with Crippen molar-refractivity contribution in [1.29, 1.82) is 0 Å². The van der Waals surface area contributed by atoms with Gasteiger partial charge in [-0.3, -0.25) is 9.59 Å². The second-order valence-electron chi connectivity index (χ2n) is 7.53. The molecule has 9 nitrogen and oxygen atoms in total. The Labute approximate surface area is 192 Å². The summed E-state index contributed by atoms with van der Waals surface area (Å²) in [5, 5.41) is 14.2. The number of carbonyl (C=O) groups excluding carboxylic acids is 3. The molecule has 0 aliphatic rings. The summed E-state index contributed by atoms with van der Waals surface area (Å²) in [5.74, 6) is -2.00. The van der Waals surface area contributed by atoms with Crippen molar-refractivity contribution in [2.45, 2.75) is 44.8 Å². The number of nitrogens with one attached hydrogen (secondary N) is 2. The van der Waals surface area contributed by atoms with Gasteiger partial charge in [-0.15, -0.1) is 0 Å². The number of benzene rings is 2. The van der Waals surface area contributed by atoms with E-state index in [0.717, 1.165) is 5.56 Å². The first-order valence-corrected chi connectivity index (χ1v) is 10.7. The van der Waals surface area contributed by atoms with Gasteiger partial charge < -0.3 is 26.2 Å². The van der Waals surface area contributed by atoms with Gasteiger partial charge in [-0.1, -0.05) is 48.9 Å². The van der Waals surface area contributed by atoms with E-state index < -0.39 is 24.0 Å². The van der Waals surface area contributed by atoms with Crippen LogP contribution in [0.4, 0.5) is 4.79 Å². The minimum atomic E-state index is -1.04. The number of hydrogen-bond acceptors (Lipinski definition) is 5. The first-order valence-electron chi connectivity index (χ1n) is 10.7. The fraction of sp³-hybridized carbons (Fsp3) is 0.333. The van der Waals surface area contributed by atoms with Gasteiger partial charge in [0.2, 0.25) is 11.8 Å². The Balaban J connectivity index is 1.61. The van der Waals surface area contributed by atoms with Crippen molar-refractivity contribution in [1.82, 2.24) is 10.6 Å². The molecule has 0 bridgehead atoms. The van der Waals surface area contributed by atoms with Crippen molar-refractivity contribution in [2.24, 2.45) is 5.73 Å². The largest absolute Gasteiger partial charge is 0.478 e. The maximum absolute atomic E-state index is 12.2. The summed E-state index contributed by atoms with van der Waals surface area (Å²) in [6, 6.07) is 14.5. The molecule has 0 unspecified atom stereocenters. The number of unbranched alkanes of at least 4 members (excludes halogenated alkanes) is 2. The average Bonchev–Trinajstić information content (AvgIpc) is 2.80. The van der Waals surface area contributed by atoms with Gasteiger partial charge in [-0.05, 0) is 36.1 Å². The lowest BCUT2D eigenvalue weighted by atomic mass is 10.0. The van der Waals surface area contributed by atoms with E-state index in [9.17, 15) is 19.2 Å². The number of rotatable bonds is 13. The number of ether oxygens (including phenoxy) is 1. The molecule has 0 radical (unpaired) electrons. The molecule has 2 rings (SSSR count). The van der Waals surface area contributed by atoms with Gasteiger partial charge in [0, 0.05) is 19.4 Å². The van der Waals surface area contributed by atoms with Crippen molar-refractivity contribution < 1.29 is 29.0 Å². The van der Waals surface area contributed by atoms with Crippen LogP contribution in [-0.2, 0) is 27.4 Å². The first-order chi connectivity index (χ1) is 15.8. The lowest BCUT2D eigenvalue weighted by Gasteiger charge is -2.16. The highest BCUT2D eigenvalue weighted by Gasteiger charge is 2.18. The fourth-order valence-corrected chi connectivity index (χ4v) is 3.06. The van der Waals surface area contributed by atoms with Gasteiger partial charge in [-0.25, -0.2) is 9.59 Å². The zero-order valence-electron chi connectivity index (χ0n) is 18.3. The van der Waals surface area contributed by atoms with Crippen LogP contribution in [0.2, 0.25) is 0 Å². The molecule has 0 saturated heterocycles. The summed E-state index contributed by atoms with van der Waals surface area (Å²) in [6.07, 6.45) is 1.90. The molecular weight excluding hydrogens is 426 g/mol. The van der Waals surface area contributed by atoms with Gasteiger partial charge in [0.15, 0.2) is 0 Å². The van der Waals surface area contributed by atoms with Crippen LogP contribution in [0.3, 0.4) is 0 Å². The average molecular weight is 456 g/mol. The molecule has 1 atom stereocenters. The van der Waals surface area contributed by atoms with E-state index >= 15 is 0 Å². The van der Waals surface area contributed by atoms with E-state index in [2.05, 4.69) is 10.6 Å². The molecule has 176 valence electrons. The predicted molar refractivity (Wildman–Crippen MR) is 121 cm³/mol. The van der Waals surface area contributed by atoms with Crippen LogP contribution in [0.25, 0.3) is 0 Å². The second-order valence-corrected chi connectivity index (χ2v) is 7.53. The minimum Gasteiger partial charge on any atom is -0.478 e. The SMILES string of the molecule is NC(=O)[C@H](Cc1ccc(C(=O)O)cc1)NC(=O)CCCCCNC(=O)OCc1ccccc1. The number of aromatic carboxylic acids is 1. The summed E-state index contributed by atoms with van der Waals surface area (Å²) >= 11 is 0. The first kappa shape index (κ1) is 25.4. The number of amides is 3. The molecule has 0 aliphatic heterocycles. The predicted octanol–water partition coefficient (Wildman–Crippen LogP) is 2.38. The van der Waals surface area contributed by atoms with E-state index in [1.54, 1.807) is 12.1 Å². The van der Waals surface area contributed by atoms with Gasteiger partial charge in [0.25, 0.3) is 0 Å². The monoisotopic (exact) mass is 455 g/mol. The summed E-state index contributed by atoms with van der Waals surface area (Å²) < 4.78 is 5.12. The Morgan fingerprint density at radius 1 is 0.909 bits per heavy atom. The Morgan fingerprint density at radius 3 is 2.24 bits per heavy atom. The normalized spacial score (nSPS) is 11.3. The summed E-state index contributed by atoms with van der Waals surface area (Å²) in [7, 11) is 0. The highest BCUT2D eigenvalue weighted by atomic mass is 16.5. The Morgan fingerprint density at radius 2 is 1.61 bits per heavy atom. The lowest BCUT2D eigenvalue weighted by molar-refractivity contribution is -0.127. The molecular formula is C24H29N3O6. The maximum atomic E-state index is 12.2. The van der Waals surface area contributed by atoms with Gasteiger partial charge in [0.05, 0.1) is 5.56 Å². The number of carbonyl (C=O) groups is 4. The summed E-state index contributed by atoms with van der Waals surface area (Å²) in [4.78, 5) is 46.5. The van der Waals surface area contributed by atoms with Crippen molar-refractivity contribution in [2.75, 3.05) is 6.54 Å². The van der Waals surface area contributed by atoms with Crippen LogP contribution in [0, 0.1) is 0 Å². The number of alkyl carbamates (subject to hydrolysis) is 1. The van der Waals surface area contributed by atoms with Crippen molar-refractivity contribution >= 4 is 23.9 Å². The van der Waals surface area contributed by atoms with Crippen molar-refractivity contribution in [3.8, 4) is 0 Å². The number of carboxylic acids is 1. The van der Waals surface area contributed by atoms with Gasteiger partial charge in [-0.2, -0.15) is 0 Å². The number of primary amides is 1. The van der Waals surface area contributed by atoms with Gasteiger partial charge >= 0.3 is 12.1 Å². The molecule has 0 fully saturated rings. The van der Waals surface area contributed by atoms with E-state index in [1.165, 1.54) is 12.1 Å². The molecule has 3 amide bonds. The minimum absolute atomic E-state index is 0.136. The third-order valence-electron chi connectivity index (χ3n) is 4.88. The Kier molecular flexibility index (Phi) is 10.4. The molecule has 9 heteroatoms. The highest BCUT2D eigenvalue weighted by Crippen LogP contribution is 2.08. The molecule has 5 N–H and O–H groups in total. The van der Waals surface area contributed by atoms with E-state index in [0.29, 0.717) is 31.4 Å². The lowest BCUT2D eigenvalue weighted by Crippen LogP contribution is -2.45. The van der Waals surface area contributed by atoms with Crippen LogP contribution in [-0.4, -0.2) is 41.6 Å². The zero-order chi connectivity index (χ0) is 24.1. The van der Waals surface area contributed by atoms with Crippen LogP contribution in [0.1, 0.15) is 47.2 Å². The number of nitrogens with two attached hydrogens (primary N) is 1. The fourth-order valence-electron chi connectivity index (χ4n) is 3.06. The topological polar surface area (TPSA) is 148 Å². The third kappa shape index (κ3) is 9.86. The summed E-state index contributed by atoms with van der Waals surface area (Å²) in [6.45, 7) is 0.642. The summed E-state index contributed by atoms with van der Waals surface area (Å²) in [5.41, 5.74) is 7.13. The molecule has 0 aromatic heterocycles.